The number of anilines is 1. The van der Waals surface area contributed by atoms with Crippen LogP contribution < -0.4 is 14.4 Å². The molecule has 1 aromatic heterocycles. The summed E-state index contributed by atoms with van der Waals surface area (Å²) in [5.74, 6) is 0.578. The van der Waals surface area contributed by atoms with Crippen molar-refractivity contribution in [1.29, 1.82) is 0 Å². The van der Waals surface area contributed by atoms with E-state index in [1.54, 1.807) is 0 Å². The Morgan fingerprint density at radius 1 is 1.11 bits per heavy atom. The Balaban J connectivity index is 3.02. The molecule has 102 valence electrons. The molecule has 0 fully saturated rings. The van der Waals surface area contributed by atoms with Crippen molar-refractivity contribution in [2.24, 2.45) is 0 Å². The van der Waals surface area contributed by atoms with Gasteiger partial charge in [0.1, 0.15) is 0 Å². The Labute approximate surface area is 116 Å². The third-order valence-electron chi connectivity index (χ3n) is 2.36. The predicted molar refractivity (Wildman–Crippen MR) is 73.8 cm³/mol. The van der Waals surface area contributed by atoms with E-state index in [0.29, 0.717) is 12.0 Å². The first-order valence-electron chi connectivity index (χ1n) is 5.79. The zero-order chi connectivity index (χ0) is 13.5. The third kappa shape index (κ3) is 3.97. The van der Waals surface area contributed by atoms with Crippen molar-refractivity contribution < 1.29 is 9.47 Å². The smallest absolute Gasteiger partial charge is 0.324 e. The van der Waals surface area contributed by atoms with Gasteiger partial charge in [-0.05, 0) is 20.3 Å². The van der Waals surface area contributed by atoms with Crippen molar-refractivity contribution in [3.05, 3.63) is 0 Å². The molecule has 0 aliphatic heterocycles. The molecule has 18 heavy (non-hydrogen) atoms. The SMILES string of the molecule is COc1nc(OC)nc(N(CCCBr)C(C)C)n1. The van der Waals surface area contributed by atoms with E-state index in [1.165, 1.54) is 14.2 Å². The third-order valence-corrected chi connectivity index (χ3v) is 2.92. The molecule has 1 aromatic rings. The van der Waals surface area contributed by atoms with E-state index in [9.17, 15) is 0 Å². The van der Waals surface area contributed by atoms with Crippen LogP contribution in [0.5, 0.6) is 12.0 Å². The molecule has 0 spiro atoms. The minimum atomic E-state index is 0.265. The van der Waals surface area contributed by atoms with Gasteiger partial charge in [-0.25, -0.2) is 0 Å². The summed E-state index contributed by atoms with van der Waals surface area (Å²) in [4.78, 5) is 14.6. The molecule has 0 saturated heterocycles. The summed E-state index contributed by atoms with van der Waals surface area (Å²) in [5, 5.41) is 0.940. The Morgan fingerprint density at radius 2 is 1.67 bits per heavy atom. The first-order chi connectivity index (χ1) is 8.62. The zero-order valence-corrected chi connectivity index (χ0v) is 12.8. The largest absolute Gasteiger partial charge is 0.467 e. The molecule has 0 unspecified atom stereocenters. The highest BCUT2D eigenvalue weighted by molar-refractivity contribution is 9.09. The molecule has 0 aliphatic carbocycles. The monoisotopic (exact) mass is 318 g/mol. The highest BCUT2D eigenvalue weighted by Crippen LogP contribution is 2.18. The van der Waals surface area contributed by atoms with E-state index in [2.05, 4.69) is 49.6 Å². The quantitative estimate of drug-likeness (QED) is 0.715. The van der Waals surface area contributed by atoms with Crippen LogP contribution in [0.3, 0.4) is 0 Å². The van der Waals surface area contributed by atoms with Crippen LogP contribution in [0.4, 0.5) is 5.95 Å². The summed E-state index contributed by atoms with van der Waals surface area (Å²) >= 11 is 3.43. The normalized spacial score (nSPS) is 10.6. The second-order valence-electron chi connectivity index (χ2n) is 3.94. The van der Waals surface area contributed by atoms with E-state index in [1.807, 2.05) is 0 Å². The molecule has 6 nitrogen and oxygen atoms in total. The van der Waals surface area contributed by atoms with Crippen molar-refractivity contribution >= 4 is 21.9 Å². The first kappa shape index (κ1) is 14.9. The van der Waals surface area contributed by atoms with E-state index >= 15 is 0 Å². The van der Waals surface area contributed by atoms with Gasteiger partial charge in [-0.1, -0.05) is 15.9 Å². The fourth-order valence-electron chi connectivity index (χ4n) is 1.46. The van der Waals surface area contributed by atoms with Gasteiger partial charge in [-0.3, -0.25) is 0 Å². The number of hydrogen-bond acceptors (Lipinski definition) is 6. The van der Waals surface area contributed by atoms with Crippen molar-refractivity contribution in [3.63, 3.8) is 0 Å². The Hall–Kier alpha value is -1.11. The molecule has 1 rings (SSSR count). The van der Waals surface area contributed by atoms with Gasteiger partial charge in [0.15, 0.2) is 0 Å². The van der Waals surface area contributed by atoms with Crippen LogP contribution in [-0.4, -0.2) is 47.1 Å². The Kier molecular flexibility index (Phi) is 6.11. The van der Waals surface area contributed by atoms with Gasteiger partial charge in [-0.2, -0.15) is 9.97 Å². The molecule has 0 aliphatic rings. The molecule has 0 atom stereocenters. The number of nitrogens with zero attached hydrogens (tertiary/aromatic N) is 4. The van der Waals surface area contributed by atoms with Crippen LogP contribution in [0.1, 0.15) is 20.3 Å². The Bertz CT molecular complexity index is 354. The molecule has 0 N–H and O–H groups in total. The van der Waals surface area contributed by atoms with E-state index in [-0.39, 0.29) is 12.0 Å². The minimum absolute atomic E-state index is 0.265. The topological polar surface area (TPSA) is 60.4 Å². The summed E-state index contributed by atoms with van der Waals surface area (Å²) in [6, 6.07) is 0.823. The number of methoxy groups -OCH3 is 2. The highest BCUT2D eigenvalue weighted by atomic mass is 79.9. The zero-order valence-electron chi connectivity index (χ0n) is 11.2. The van der Waals surface area contributed by atoms with Crippen molar-refractivity contribution in [3.8, 4) is 12.0 Å². The van der Waals surface area contributed by atoms with Crippen LogP contribution in [-0.2, 0) is 0 Å². The molecule has 0 bridgehead atoms. The molecule has 0 radical (unpaired) electrons. The minimum Gasteiger partial charge on any atom is -0.467 e. The lowest BCUT2D eigenvalue weighted by Gasteiger charge is -2.26. The summed E-state index contributed by atoms with van der Waals surface area (Å²) in [5.41, 5.74) is 0. The highest BCUT2D eigenvalue weighted by Gasteiger charge is 2.16. The van der Waals surface area contributed by atoms with Gasteiger partial charge in [0.25, 0.3) is 0 Å². The predicted octanol–water partition coefficient (Wildman–Crippen LogP) is 1.89. The molecule has 0 saturated carbocycles. The second-order valence-corrected chi connectivity index (χ2v) is 4.73. The lowest BCUT2D eigenvalue weighted by molar-refractivity contribution is 0.339. The molecular weight excluding hydrogens is 300 g/mol. The van der Waals surface area contributed by atoms with Gasteiger partial charge >= 0.3 is 12.0 Å². The molecular formula is C11H19BrN4O2. The van der Waals surface area contributed by atoms with Crippen molar-refractivity contribution in [2.75, 3.05) is 31.0 Å². The van der Waals surface area contributed by atoms with Crippen LogP contribution in [0.2, 0.25) is 0 Å². The fourth-order valence-corrected chi connectivity index (χ4v) is 1.71. The van der Waals surface area contributed by atoms with Crippen LogP contribution in [0, 0.1) is 0 Å². The van der Waals surface area contributed by atoms with Crippen molar-refractivity contribution in [1.82, 2.24) is 15.0 Å². The van der Waals surface area contributed by atoms with Crippen LogP contribution >= 0.6 is 15.9 Å². The van der Waals surface area contributed by atoms with Gasteiger partial charge in [0.05, 0.1) is 14.2 Å². The Morgan fingerprint density at radius 3 is 2.06 bits per heavy atom. The second kappa shape index (κ2) is 7.35. The van der Waals surface area contributed by atoms with Gasteiger partial charge in [-0.15, -0.1) is 4.98 Å². The molecule has 7 heteroatoms. The maximum Gasteiger partial charge on any atom is 0.324 e. The standard InChI is InChI=1S/C11H19BrN4O2/c1-8(2)16(7-5-6-12)9-13-10(17-3)15-11(14-9)18-4/h8H,5-7H2,1-4H3. The van der Waals surface area contributed by atoms with E-state index in [0.717, 1.165) is 18.3 Å². The molecule has 0 amide bonds. The lowest BCUT2D eigenvalue weighted by Crippen LogP contribution is -2.33. The maximum atomic E-state index is 5.05. The number of aromatic nitrogens is 3. The lowest BCUT2D eigenvalue weighted by atomic mass is 10.3. The van der Waals surface area contributed by atoms with E-state index < -0.39 is 0 Å². The van der Waals surface area contributed by atoms with Gasteiger partial charge in [0.2, 0.25) is 5.95 Å². The number of ether oxygens (including phenoxy) is 2. The van der Waals surface area contributed by atoms with Gasteiger partial charge in [0, 0.05) is 17.9 Å². The average molecular weight is 319 g/mol. The number of rotatable bonds is 7. The summed E-state index contributed by atoms with van der Waals surface area (Å²) in [6.07, 6.45) is 1.01. The maximum absolute atomic E-state index is 5.05. The van der Waals surface area contributed by atoms with Crippen molar-refractivity contribution in [2.45, 2.75) is 26.3 Å². The summed E-state index contributed by atoms with van der Waals surface area (Å²) < 4.78 is 10.1. The molecule has 1 heterocycles. The number of halogens is 1. The average Bonchev–Trinajstić information content (AvgIpc) is 2.38. The van der Waals surface area contributed by atoms with Gasteiger partial charge < -0.3 is 14.4 Å². The number of hydrogen-bond donors (Lipinski definition) is 0. The fraction of sp³-hybridized carbons (Fsp3) is 0.727. The molecule has 0 aromatic carbocycles. The first-order valence-corrected chi connectivity index (χ1v) is 6.91. The van der Waals surface area contributed by atoms with E-state index in [4.69, 9.17) is 9.47 Å². The number of alkyl halides is 1. The van der Waals surface area contributed by atoms with Crippen LogP contribution in [0.25, 0.3) is 0 Å². The van der Waals surface area contributed by atoms with Crippen LogP contribution in [0.15, 0.2) is 0 Å². The summed E-state index contributed by atoms with van der Waals surface area (Å²) in [7, 11) is 3.05. The summed E-state index contributed by atoms with van der Waals surface area (Å²) in [6.45, 7) is 5.05.